The molecular weight excluding hydrogens is 242 g/mol. The van der Waals surface area contributed by atoms with Gasteiger partial charge < -0.3 is 0 Å². The van der Waals surface area contributed by atoms with Gasteiger partial charge in [-0.1, -0.05) is 61.7 Å². The number of aryl methyl sites for hydroxylation is 1. The van der Waals surface area contributed by atoms with Gasteiger partial charge in [-0.3, -0.25) is 4.90 Å². The van der Waals surface area contributed by atoms with Gasteiger partial charge in [-0.15, -0.1) is 0 Å². The average Bonchev–Trinajstić information content (AvgIpc) is 2.52. The quantitative estimate of drug-likeness (QED) is 0.483. The van der Waals surface area contributed by atoms with Crippen molar-refractivity contribution in [2.45, 2.75) is 51.9 Å². The molecule has 0 spiro atoms. The van der Waals surface area contributed by atoms with Crippen molar-refractivity contribution in [2.24, 2.45) is 0 Å². The van der Waals surface area contributed by atoms with E-state index < -0.39 is 0 Å². The molecule has 0 aliphatic carbocycles. The monoisotopic (exact) mass is 271 g/mol. The summed E-state index contributed by atoms with van der Waals surface area (Å²) >= 11 is 0. The number of benzene rings is 1. The van der Waals surface area contributed by atoms with Crippen molar-refractivity contribution in [3.8, 4) is 0 Å². The van der Waals surface area contributed by atoms with Crippen molar-refractivity contribution in [1.82, 2.24) is 4.90 Å². The fourth-order valence-electron chi connectivity index (χ4n) is 2.94. The average molecular weight is 271 g/mol. The van der Waals surface area contributed by atoms with Gasteiger partial charge in [-0.25, -0.2) is 0 Å². The van der Waals surface area contributed by atoms with Crippen molar-refractivity contribution in [3.63, 3.8) is 0 Å². The Kier molecular flexibility index (Phi) is 6.86. The van der Waals surface area contributed by atoms with E-state index in [1.165, 1.54) is 70.1 Å². The van der Waals surface area contributed by atoms with Gasteiger partial charge in [0, 0.05) is 13.1 Å². The first-order valence-electron chi connectivity index (χ1n) is 8.32. The minimum atomic E-state index is 1.19. The molecule has 0 radical (unpaired) electrons. The van der Waals surface area contributed by atoms with Gasteiger partial charge in [-0.05, 0) is 44.2 Å². The number of hydrogen-bond acceptors (Lipinski definition) is 1. The molecule has 0 fully saturated rings. The lowest BCUT2D eigenvalue weighted by Gasteiger charge is -2.25. The third kappa shape index (κ3) is 5.50. The summed E-state index contributed by atoms with van der Waals surface area (Å²) < 4.78 is 0. The SMILES string of the molecule is CCC1=CCN(CCCCCCc2ccccc2)CC1. The first kappa shape index (κ1) is 15.3. The van der Waals surface area contributed by atoms with Crippen LogP contribution >= 0.6 is 0 Å². The molecule has 0 unspecified atom stereocenters. The van der Waals surface area contributed by atoms with Crippen molar-refractivity contribution in [3.05, 3.63) is 47.5 Å². The Morgan fingerprint density at radius 3 is 2.50 bits per heavy atom. The molecule has 0 bridgehead atoms. The molecule has 20 heavy (non-hydrogen) atoms. The van der Waals surface area contributed by atoms with Crippen LogP contribution in [0.1, 0.15) is 51.0 Å². The Bertz CT molecular complexity index is 393. The molecule has 1 nitrogen and oxygen atoms in total. The van der Waals surface area contributed by atoms with Crippen LogP contribution in [0.15, 0.2) is 42.0 Å². The highest BCUT2D eigenvalue weighted by molar-refractivity contribution is 5.14. The van der Waals surface area contributed by atoms with Crippen LogP contribution in [0.4, 0.5) is 0 Å². The molecule has 1 heterocycles. The van der Waals surface area contributed by atoms with E-state index in [0.717, 1.165) is 0 Å². The molecule has 1 aliphatic heterocycles. The van der Waals surface area contributed by atoms with Crippen LogP contribution in [-0.2, 0) is 6.42 Å². The van der Waals surface area contributed by atoms with Crippen molar-refractivity contribution in [2.75, 3.05) is 19.6 Å². The van der Waals surface area contributed by atoms with E-state index in [1.807, 2.05) is 0 Å². The molecule has 0 saturated carbocycles. The third-order valence-corrected chi connectivity index (χ3v) is 4.37. The maximum Gasteiger partial charge on any atom is 0.0165 e. The zero-order valence-electron chi connectivity index (χ0n) is 13.0. The summed E-state index contributed by atoms with van der Waals surface area (Å²) in [6.07, 6.45) is 11.7. The molecule has 1 aliphatic rings. The Balaban J connectivity index is 1.49. The third-order valence-electron chi connectivity index (χ3n) is 4.37. The van der Waals surface area contributed by atoms with E-state index in [0.29, 0.717) is 0 Å². The molecule has 2 rings (SSSR count). The van der Waals surface area contributed by atoms with Gasteiger partial charge in [0.25, 0.3) is 0 Å². The minimum absolute atomic E-state index is 1.19. The Morgan fingerprint density at radius 1 is 1.00 bits per heavy atom. The Morgan fingerprint density at radius 2 is 1.80 bits per heavy atom. The zero-order chi connectivity index (χ0) is 14.0. The lowest BCUT2D eigenvalue weighted by atomic mass is 10.0. The second-order valence-electron chi connectivity index (χ2n) is 5.92. The molecule has 110 valence electrons. The van der Waals surface area contributed by atoms with Gasteiger partial charge in [-0.2, -0.15) is 0 Å². The summed E-state index contributed by atoms with van der Waals surface area (Å²) in [5, 5.41) is 0. The van der Waals surface area contributed by atoms with Gasteiger partial charge in [0.15, 0.2) is 0 Å². The maximum absolute atomic E-state index is 2.61. The largest absolute Gasteiger partial charge is 0.299 e. The van der Waals surface area contributed by atoms with Crippen molar-refractivity contribution >= 4 is 0 Å². The molecule has 0 saturated heterocycles. The predicted octanol–water partition coefficient (Wildman–Crippen LogP) is 4.83. The highest BCUT2D eigenvalue weighted by Gasteiger charge is 2.09. The van der Waals surface area contributed by atoms with E-state index in [2.05, 4.69) is 48.2 Å². The minimum Gasteiger partial charge on any atom is -0.299 e. The number of hydrogen-bond donors (Lipinski definition) is 0. The molecular formula is C19H29N. The van der Waals surface area contributed by atoms with Gasteiger partial charge >= 0.3 is 0 Å². The van der Waals surface area contributed by atoms with Crippen LogP contribution in [0.3, 0.4) is 0 Å². The summed E-state index contributed by atoms with van der Waals surface area (Å²) in [5.41, 5.74) is 3.14. The number of unbranched alkanes of at least 4 members (excludes halogenated alkanes) is 3. The van der Waals surface area contributed by atoms with E-state index in [1.54, 1.807) is 5.57 Å². The summed E-state index contributed by atoms with van der Waals surface area (Å²) in [5.74, 6) is 0. The molecule has 0 N–H and O–H groups in total. The highest BCUT2D eigenvalue weighted by Crippen LogP contribution is 2.14. The van der Waals surface area contributed by atoms with Gasteiger partial charge in [0.1, 0.15) is 0 Å². The van der Waals surface area contributed by atoms with Crippen LogP contribution in [0.2, 0.25) is 0 Å². The molecule has 0 amide bonds. The van der Waals surface area contributed by atoms with Crippen molar-refractivity contribution in [1.29, 1.82) is 0 Å². The highest BCUT2D eigenvalue weighted by atomic mass is 15.1. The summed E-state index contributed by atoms with van der Waals surface area (Å²) in [7, 11) is 0. The second-order valence-corrected chi connectivity index (χ2v) is 5.92. The molecule has 1 heteroatoms. The smallest absolute Gasteiger partial charge is 0.0165 e. The number of rotatable bonds is 8. The molecule has 0 aromatic heterocycles. The Labute approximate surface area is 124 Å². The van der Waals surface area contributed by atoms with E-state index >= 15 is 0 Å². The fraction of sp³-hybridized carbons (Fsp3) is 0.579. The lowest BCUT2D eigenvalue weighted by molar-refractivity contribution is 0.285. The van der Waals surface area contributed by atoms with Crippen LogP contribution in [0.25, 0.3) is 0 Å². The zero-order valence-corrected chi connectivity index (χ0v) is 13.0. The van der Waals surface area contributed by atoms with Crippen LogP contribution in [0, 0.1) is 0 Å². The second kappa shape index (κ2) is 8.97. The van der Waals surface area contributed by atoms with Crippen LogP contribution in [-0.4, -0.2) is 24.5 Å². The van der Waals surface area contributed by atoms with E-state index in [4.69, 9.17) is 0 Å². The predicted molar refractivity (Wildman–Crippen MR) is 88.0 cm³/mol. The van der Waals surface area contributed by atoms with E-state index in [9.17, 15) is 0 Å². The molecule has 1 aromatic carbocycles. The fourth-order valence-corrected chi connectivity index (χ4v) is 2.94. The van der Waals surface area contributed by atoms with Gasteiger partial charge in [0.05, 0.1) is 0 Å². The molecule has 1 aromatic rings. The summed E-state index contributed by atoms with van der Waals surface area (Å²) in [4.78, 5) is 2.61. The maximum atomic E-state index is 2.61. The number of nitrogens with zero attached hydrogens (tertiary/aromatic N) is 1. The molecule has 0 atom stereocenters. The van der Waals surface area contributed by atoms with Gasteiger partial charge in [0.2, 0.25) is 0 Å². The summed E-state index contributed by atoms with van der Waals surface area (Å²) in [6, 6.07) is 10.9. The first-order chi connectivity index (χ1) is 9.88. The lowest BCUT2D eigenvalue weighted by Crippen LogP contribution is -2.29. The Hall–Kier alpha value is -1.08. The first-order valence-corrected chi connectivity index (χ1v) is 8.32. The van der Waals surface area contributed by atoms with E-state index in [-0.39, 0.29) is 0 Å². The van der Waals surface area contributed by atoms with Crippen LogP contribution in [0.5, 0.6) is 0 Å². The normalized spacial score (nSPS) is 16.1. The topological polar surface area (TPSA) is 3.24 Å². The summed E-state index contributed by atoms with van der Waals surface area (Å²) in [6.45, 7) is 6.03. The standard InChI is InChI=1S/C19H29N/c1-2-18-13-16-20(17-14-18)15-9-4-3-6-10-19-11-7-5-8-12-19/h5,7-8,11-13H,2-4,6,9-10,14-17H2,1H3. The van der Waals surface area contributed by atoms with Crippen LogP contribution < -0.4 is 0 Å². The van der Waals surface area contributed by atoms with Crippen molar-refractivity contribution < 1.29 is 0 Å².